The van der Waals surface area contributed by atoms with Crippen LogP contribution in [0, 0.1) is 5.82 Å². The zero-order chi connectivity index (χ0) is 13.8. The first-order valence-corrected chi connectivity index (χ1v) is 6.38. The van der Waals surface area contributed by atoms with Gasteiger partial charge in [0.2, 0.25) is 11.8 Å². The van der Waals surface area contributed by atoms with E-state index in [0.717, 1.165) is 0 Å². The molecule has 0 amide bonds. The Hall–Kier alpha value is -1.89. The molecule has 2 aromatic rings. The number of nitrogen functional groups attached to an aromatic ring is 1. The van der Waals surface area contributed by atoms with Crippen LogP contribution in [0.2, 0.25) is 0 Å². The summed E-state index contributed by atoms with van der Waals surface area (Å²) in [5, 5.41) is 3.00. The highest BCUT2D eigenvalue weighted by atomic mass is 79.9. The van der Waals surface area contributed by atoms with Crippen LogP contribution >= 0.6 is 15.9 Å². The second-order valence-corrected chi connectivity index (χ2v) is 4.60. The number of anilines is 2. The highest BCUT2D eigenvalue weighted by molar-refractivity contribution is 9.10. The van der Waals surface area contributed by atoms with Crippen LogP contribution in [-0.4, -0.2) is 16.5 Å². The van der Waals surface area contributed by atoms with Gasteiger partial charge in [-0.2, -0.15) is 9.97 Å². The standard InChI is InChI=1S/C12H12BrFN4O/c1-2-16-10-6-11(18-12(15)17-10)19-9-4-7(13)3-8(14)5-9/h3-6H,2H2,1H3,(H3,15,16,17,18). The smallest absolute Gasteiger partial charge is 0.226 e. The van der Waals surface area contributed by atoms with Crippen molar-refractivity contribution in [2.24, 2.45) is 0 Å². The van der Waals surface area contributed by atoms with Crippen molar-refractivity contribution >= 4 is 27.7 Å². The molecule has 0 aliphatic heterocycles. The Kier molecular flexibility index (Phi) is 4.16. The van der Waals surface area contributed by atoms with Gasteiger partial charge >= 0.3 is 0 Å². The zero-order valence-electron chi connectivity index (χ0n) is 10.2. The second kappa shape index (κ2) is 5.83. The highest BCUT2D eigenvalue weighted by Crippen LogP contribution is 2.26. The van der Waals surface area contributed by atoms with Crippen molar-refractivity contribution in [3.8, 4) is 11.6 Å². The number of nitrogens with zero attached hydrogens (tertiary/aromatic N) is 2. The normalized spacial score (nSPS) is 10.3. The van der Waals surface area contributed by atoms with E-state index in [0.29, 0.717) is 22.6 Å². The van der Waals surface area contributed by atoms with Gasteiger partial charge in [0, 0.05) is 23.2 Å². The fraction of sp³-hybridized carbons (Fsp3) is 0.167. The third-order valence-corrected chi connectivity index (χ3v) is 2.59. The maximum Gasteiger partial charge on any atom is 0.226 e. The molecule has 0 radical (unpaired) electrons. The number of nitrogens with two attached hydrogens (primary N) is 1. The van der Waals surface area contributed by atoms with Crippen molar-refractivity contribution < 1.29 is 9.13 Å². The number of hydrogen-bond acceptors (Lipinski definition) is 5. The molecule has 0 unspecified atom stereocenters. The van der Waals surface area contributed by atoms with Crippen molar-refractivity contribution in [2.45, 2.75) is 6.92 Å². The van der Waals surface area contributed by atoms with E-state index in [1.54, 1.807) is 12.1 Å². The fourth-order valence-corrected chi connectivity index (χ4v) is 1.92. The molecule has 1 aromatic carbocycles. The van der Waals surface area contributed by atoms with Gasteiger partial charge in [0.05, 0.1) is 0 Å². The van der Waals surface area contributed by atoms with Gasteiger partial charge in [-0.15, -0.1) is 0 Å². The summed E-state index contributed by atoms with van der Waals surface area (Å²) in [7, 11) is 0. The van der Waals surface area contributed by atoms with Gasteiger partial charge in [0.15, 0.2) is 0 Å². The first-order chi connectivity index (χ1) is 9.06. The molecule has 0 bridgehead atoms. The quantitative estimate of drug-likeness (QED) is 0.902. The van der Waals surface area contributed by atoms with Crippen molar-refractivity contribution in [1.29, 1.82) is 0 Å². The Balaban J connectivity index is 2.27. The molecule has 100 valence electrons. The number of rotatable bonds is 4. The summed E-state index contributed by atoms with van der Waals surface area (Å²) in [6.45, 7) is 2.63. The molecule has 0 saturated heterocycles. The molecule has 5 nitrogen and oxygen atoms in total. The minimum absolute atomic E-state index is 0.0870. The minimum Gasteiger partial charge on any atom is -0.439 e. The van der Waals surface area contributed by atoms with E-state index in [2.05, 4.69) is 31.2 Å². The summed E-state index contributed by atoms with van der Waals surface area (Å²) in [5.41, 5.74) is 5.58. The van der Waals surface area contributed by atoms with Gasteiger partial charge in [-0.1, -0.05) is 15.9 Å². The average Bonchev–Trinajstić information content (AvgIpc) is 2.26. The van der Waals surface area contributed by atoms with E-state index in [9.17, 15) is 4.39 Å². The predicted molar refractivity (Wildman–Crippen MR) is 74.8 cm³/mol. The maximum atomic E-state index is 13.2. The van der Waals surface area contributed by atoms with Crippen LogP contribution in [-0.2, 0) is 0 Å². The third kappa shape index (κ3) is 3.78. The number of benzene rings is 1. The topological polar surface area (TPSA) is 73.1 Å². The van der Waals surface area contributed by atoms with E-state index < -0.39 is 5.82 Å². The molecule has 1 aromatic heterocycles. The van der Waals surface area contributed by atoms with Crippen LogP contribution in [0.15, 0.2) is 28.7 Å². The largest absolute Gasteiger partial charge is 0.439 e. The Bertz CT molecular complexity index is 574. The summed E-state index contributed by atoms with van der Waals surface area (Å²) in [4.78, 5) is 7.93. The molecule has 1 heterocycles. The molecule has 0 spiro atoms. The number of ether oxygens (including phenoxy) is 1. The fourth-order valence-electron chi connectivity index (χ4n) is 1.47. The van der Waals surface area contributed by atoms with E-state index in [4.69, 9.17) is 10.5 Å². The number of halogens is 2. The maximum absolute atomic E-state index is 13.2. The van der Waals surface area contributed by atoms with Crippen LogP contribution in [0.3, 0.4) is 0 Å². The Morgan fingerprint density at radius 1 is 1.32 bits per heavy atom. The summed E-state index contributed by atoms with van der Waals surface area (Å²) in [5.74, 6) is 0.816. The van der Waals surface area contributed by atoms with Crippen molar-refractivity contribution in [3.63, 3.8) is 0 Å². The average molecular weight is 327 g/mol. The third-order valence-electron chi connectivity index (χ3n) is 2.14. The van der Waals surface area contributed by atoms with Crippen LogP contribution in [0.25, 0.3) is 0 Å². The molecule has 0 atom stereocenters. The molecule has 0 fully saturated rings. The van der Waals surface area contributed by atoms with E-state index in [1.165, 1.54) is 12.1 Å². The van der Waals surface area contributed by atoms with Crippen molar-refractivity contribution in [3.05, 3.63) is 34.6 Å². The van der Waals surface area contributed by atoms with E-state index in [1.807, 2.05) is 6.92 Å². The van der Waals surface area contributed by atoms with Gasteiger partial charge in [-0.3, -0.25) is 0 Å². The summed E-state index contributed by atoms with van der Waals surface area (Å²) >= 11 is 3.19. The first kappa shape index (κ1) is 13.5. The van der Waals surface area contributed by atoms with E-state index in [-0.39, 0.29) is 11.8 Å². The Labute approximate surface area is 118 Å². The molecular formula is C12H12BrFN4O. The number of aromatic nitrogens is 2. The predicted octanol–water partition coefficient (Wildman–Crippen LogP) is 3.18. The highest BCUT2D eigenvalue weighted by Gasteiger charge is 2.06. The SMILES string of the molecule is CCNc1cc(Oc2cc(F)cc(Br)c2)nc(N)n1. The lowest BCUT2D eigenvalue weighted by molar-refractivity contribution is 0.457. The molecule has 0 aliphatic carbocycles. The minimum atomic E-state index is -0.404. The molecule has 2 rings (SSSR count). The molecule has 0 saturated carbocycles. The second-order valence-electron chi connectivity index (χ2n) is 3.69. The van der Waals surface area contributed by atoms with Gasteiger partial charge in [-0.25, -0.2) is 4.39 Å². The van der Waals surface area contributed by atoms with Crippen molar-refractivity contribution in [1.82, 2.24) is 9.97 Å². The molecular weight excluding hydrogens is 315 g/mol. The summed E-state index contributed by atoms with van der Waals surface area (Å²) in [6.07, 6.45) is 0. The van der Waals surface area contributed by atoms with Gasteiger partial charge in [0.25, 0.3) is 0 Å². The van der Waals surface area contributed by atoms with Crippen LogP contribution in [0.4, 0.5) is 16.2 Å². The lowest BCUT2D eigenvalue weighted by Crippen LogP contribution is -2.04. The molecule has 0 aliphatic rings. The zero-order valence-corrected chi connectivity index (χ0v) is 11.7. The monoisotopic (exact) mass is 326 g/mol. The molecule has 19 heavy (non-hydrogen) atoms. The van der Waals surface area contributed by atoms with Crippen LogP contribution in [0.1, 0.15) is 6.92 Å². The van der Waals surface area contributed by atoms with Gasteiger partial charge < -0.3 is 15.8 Å². The molecule has 7 heteroatoms. The summed E-state index contributed by atoms with van der Waals surface area (Å²) < 4.78 is 19.3. The van der Waals surface area contributed by atoms with Gasteiger partial charge in [-0.05, 0) is 19.1 Å². The Morgan fingerprint density at radius 3 is 2.79 bits per heavy atom. The van der Waals surface area contributed by atoms with Crippen LogP contribution < -0.4 is 15.8 Å². The first-order valence-electron chi connectivity index (χ1n) is 5.59. The van der Waals surface area contributed by atoms with Gasteiger partial charge in [0.1, 0.15) is 17.4 Å². The Morgan fingerprint density at radius 2 is 2.11 bits per heavy atom. The summed E-state index contributed by atoms with van der Waals surface area (Å²) in [6, 6.07) is 5.83. The van der Waals surface area contributed by atoms with E-state index >= 15 is 0 Å². The van der Waals surface area contributed by atoms with Crippen molar-refractivity contribution in [2.75, 3.05) is 17.6 Å². The molecule has 3 N–H and O–H groups in total. The number of nitrogens with one attached hydrogen (secondary N) is 1. The lowest BCUT2D eigenvalue weighted by Gasteiger charge is -2.08. The van der Waals surface area contributed by atoms with Crippen LogP contribution in [0.5, 0.6) is 11.6 Å². The number of hydrogen-bond donors (Lipinski definition) is 2. The lowest BCUT2D eigenvalue weighted by atomic mass is 10.3.